The number of hydrazine groups is 2. The van der Waals surface area contributed by atoms with Gasteiger partial charge in [-0.1, -0.05) is 12.1 Å². The number of benzene rings is 2. The summed E-state index contributed by atoms with van der Waals surface area (Å²) < 4.78 is 10.9. The number of ether oxygens (including phenoxy) is 2. The van der Waals surface area contributed by atoms with Crippen molar-refractivity contribution in [2.45, 2.75) is 32.6 Å². The Morgan fingerprint density at radius 3 is 2.62 bits per heavy atom. The average molecular weight is 439 g/mol. The molecular formula is C23H30N6O3. The maximum absolute atomic E-state index is 13.2. The van der Waals surface area contributed by atoms with Gasteiger partial charge in [-0.25, -0.2) is 10.9 Å². The van der Waals surface area contributed by atoms with Crippen LogP contribution in [-0.4, -0.2) is 60.9 Å². The number of carbonyl (C=O) groups is 1. The van der Waals surface area contributed by atoms with E-state index in [1.54, 1.807) is 0 Å². The van der Waals surface area contributed by atoms with Gasteiger partial charge in [0.05, 0.1) is 0 Å². The number of amides is 1. The van der Waals surface area contributed by atoms with Crippen molar-refractivity contribution in [1.29, 1.82) is 0 Å². The number of piperazine rings is 1. The summed E-state index contributed by atoms with van der Waals surface area (Å²) in [5.41, 5.74) is 13.7. The second-order valence-corrected chi connectivity index (χ2v) is 8.60. The van der Waals surface area contributed by atoms with E-state index in [0.29, 0.717) is 13.1 Å². The Labute approximate surface area is 188 Å². The molecule has 0 aliphatic carbocycles. The fourth-order valence-corrected chi connectivity index (χ4v) is 4.32. The predicted molar refractivity (Wildman–Crippen MR) is 121 cm³/mol. The zero-order valence-electron chi connectivity index (χ0n) is 18.5. The molecule has 5 rings (SSSR count). The minimum atomic E-state index is -0.392. The van der Waals surface area contributed by atoms with Crippen LogP contribution in [0.3, 0.4) is 0 Å². The number of fused-ring (bicyclic) bond motifs is 1. The van der Waals surface area contributed by atoms with Crippen LogP contribution >= 0.6 is 0 Å². The van der Waals surface area contributed by atoms with Gasteiger partial charge in [0, 0.05) is 38.4 Å². The minimum Gasteiger partial charge on any atom is -0.454 e. The van der Waals surface area contributed by atoms with Crippen LogP contribution in [0.1, 0.15) is 16.7 Å². The molecule has 1 amide bonds. The van der Waals surface area contributed by atoms with Gasteiger partial charge in [0.15, 0.2) is 11.5 Å². The molecule has 0 bridgehead atoms. The lowest BCUT2D eigenvalue weighted by Gasteiger charge is -2.36. The van der Waals surface area contributed by atoms with E-state index < -0.39 is 6.04 Å². The van der Waals surface area contributed by atoms with Gasteiger partial charge >= 0.3 is 0 Å². The maximum atomic E-state index is 13.2. The number of anilines is 1. The van der Waals surface area contributed by atoms with Gasteiger partial charge in [0.25, 0.3) is 0 Å². The highest BCUT2D eigenvalue weighted by Crippen LogP contribution is 2.32. The summed E-state index contributed by atoms with van der Waals surface area (Å²) in [6.45, 7) is 8.39. The Hall–Kier alpha value is -2.85. The Morgan fingerprint density at radius 2 is 1.81 bits per heavy atom. The second kappa shape index (κ2) is 8.95. The molecular weight excluding hydrogens is 408 g/mol. The largest absolute Gasteiger partial charge is 0.454 e. The number of carbonyl (C=O) groups excluding carboxylic acids is 1. The molecule has 2 fully saturated rings. The molecule has 0 saturated carbocycles. The van der Waals surface area contributed by atoms with E-state index in [0.717, 1.165) is 36.8 Å². The van der Waals surface area contributed by atoms with Crippen LogP contribution in [0.25, 0.3) is 0 Å². The normalized spacial score (nSPS) is 22.9. The zero-order valence-corrected chi connectivity index (χ0v) is 18.5. The first kappa shape index (κ1) is 21.0. The molecule has 2 saturated heterocycles. The zero-order chi connectivity index (χ0) is 22.1. The third kappa shape index (κ3) is 4.37. The number of nitrogens with zero attached hydrogens (tertiary/aromatic N) is 2. The molecule has 0 spiro atoms. The summed E-state index contributed by atoms with van der Waals surface area (Å²) in [7, 11) is 0. The maximum Gasteiger partial charge on any atom is 0.244 e. The van der Waals surface area contributed by atoms with E-state index in [2.05, 4.69) is 58.6 Å². The number of aryl methyl sites for hydroxylation is 2. The molecule has 170 valence electrons. The molecule has 3 aliphatic rings. The van der Waals surface area contributed by atoms with Crippen molar-refractivity contribution in [3.05, 3.63) is 53.1 Å². The van der Waals surface area contributed by atoms with Gasteiger partial charge in [0.1, 0.15) is 12.2 Å². The Balaban J connectivity index is 1.15. The van der Waals surface area contributed by atoms with Crippen LogP contribution < -0.4 is 31.2 Å². The average Bonchev–Trinajstić information content (AvgIpc) is 3.45. The van der Waals surface area contributed by atoms with E-state index in [1.807, 2.05) is 23.1 Å². The summed E-state index contributed by atoms with van der Waals surface area (Å²) in [4.78, 5) is 17.5. The van der Waals surface area contributed by atoms with Crippen LogP contribution in [0.4, 0.5) is 5.69 Å². The van der Waals surface area contributed by atoms with Crippen molar-refractivity contribution < 1.29 is 14.3 Å². The highest BCUT2D eigenvalue weighted by atomic mass is 16.7. The molecule has 2 aromatic rings. The number of rotatable bonds is 5. The molecule has 3 heterocycles. The first-order valence-electron chi connectivity index (χ1n) is 11.1. The molecule has 9 nitrogen and oxygen atoms in total. The summed E-state index contributed by atoms with van der Waals surface area (Å²) >= 11 is 0. The van der Waals surface area contributed by atoms with Crippen molar-refractivity contribution in [3.63, 3.8) is 0 Å². The van der Waals surface area contributed by atoms with E-state index in [-0.39, 0.29) is 18.9 Å². The monoisotopic (exact) mass is 438 g/mol. The van der Waals surface area contributed by atoms with Crippen molar-refractivity contribution in [2.24, 2.45) is 0 Å². The van der Waals surface area contributed by atoms with E-state index in [4.69, 9.17) is 9.47 Å². The van der Waals surface area contributed by atoms with Crippen molar-refractivity contribution in [2.75, 3.05) is 38.3 Å². The quantitative estimate of drug-likeness (QED) is 0.552. The topological polar surface area (TPSA) is 90.1 Å². The van der Waals surface area contributed by atoms with Crippen LogP contribution in [0.2, 0.25) is 0 Å². The van der Waals surface area contributed by atoms with E-state index in [9.17, 15) is 4.79 Å². The van der Waals surface area contributed by atoms with Crippen LogP contribution in [-0.2, 0) is 11.3 Å². The van der Waals surface area contributed by atoms with E-state index >= 15 is 0 Å². The molecule has 9 heteroatoms. The first-order chi connectivity index (χ1) is 15.6. The summed E-state index contributed by atoms with van der Waals surface area (Å²) in [6.07, 6.45) is -0.240. The lowest BCUT2D eigenvalue weighted by Crippen LogP contribution is -2.56. The van der Waals surface area contributed by atoms with Crippen molar-refractivity contribution in [3.8, 4) is 11.5 Å². The SMILES string of the molecule is Cc1ccc(NC2NNNC2C(=O)N2CCN(Cc3ccc4c(c3)OCO4)CC2)cc1C. The van der Waals surface area contributed by atoms with Gasteiger partial charge < -0.3 is 19.7 Å². The van der Waals surface area contributed by atoms with Gasteiger partial charge in [-0.05, 0) is 54.8 Å². The number of nitrogens with one attached hydrogen (secondary N) is 4. The molecule has 4 N–H and O–H groups in total. The molecule has 2 atom stereocenters. The van der Waals surface area contributed by atoms with Crippen LogP contribution in [0.15, 0.2) is 36.4 Å². The standard InChI is InChI=1S/C23H30N6O3/c1-15-3-5-18(11-16(15)2)24-22-21(25-27-26-22)23(30)29-9-7-28(8-10-29)13-17-4-6-19-20(12-17)32-14-31-19/h3-6,11-12,21-22,24-27H,7-10,13-14H2,1-2H3. The summed E-state index contributed by atoms with van der Waals surface area (Å²) in [6, 6.07) is 11.9. The lowest BCUT2D eigenvalue weighted by molar-refractivity contribution is -0.135. The van der Waals surface area contributed by atoms with Crippen LogP contribution in [0.5, 0.6) is 11.5 Å². The fourth-order valence-electron chi connectivity index (χ4n) is 4.32. The number of hydrogen-bond acceptors (Lipinski definition) is 8. The third-order valence-corrected chi connectivity index (χ3v) is 6.41. The van der Waals surface area contributed by atoms with E-state index in [1.165, 1.54) is 16.7 Å². The second-order valence-electron chi connectivity index (χ2n) is 8.60. The summed E-state index contributed by atoms with van der Waals surface area (Å²) in [5, 5.41) is 3.42. The highest BCUT2D eigenvalue weighted by Gasteiger charge is 2.36. The Morgan fingerprint density at radius 1 is 1.00 bits per heavy atom. The molecule has 0 radical (unpaired) electrons. The lowest BCUT2D eigenvalue weighted by atomic mass is 10.1. The first-order valence-corrected chi connectivity index (χ1v) is 11.1. The van der Waals surface area contributed by atoms with Gasteiger partial charge in [-0.15, -0.1) is 0 Å². The van der Waals surface area contributed by atoms with Crippen molar-refractivity contribution in [1.82, 2.24) is 26.2 Å². The fraction of sp³-hybridized carbons (Fsp3) is 0.435. The molecule has 32 heavy (non-hydrogen) atoms. The molecule has 2 aromatic carbocycles. The van der Waals surface area contributed by atoms with Crippen LogP contribution in [0, 0.1) is 13.8 Å². The third-order valence-electron chi connectivity index (χ3n) is 6.41. The van der Waals surface area contributed by atoms with Gasteiger partial charge in [-0.2, -0.15) is 5.53 Å². The predicted octanol–water partition coefficient (Wildman–Crippen LogP) is 1.10. The smallest absolute Gasteiger partial charge is 0.244 e. The molecule has 3 aliphatic heterocycles. The molecule has 2 unspecified atom stereocenters. The van der Waals surface area contributed by atoms with Gasteiger partial charge in [-0.3, -0.25) is 9.69 Å². The summed E-state index contributed by atoms with van der Waals surface area (Å²) in [5.74, 6) is 1.71. The number of hydrogen-bond donors (Lipinski definition) is 4. The highest BCUT2D eigenvalue weighted by molar-refractivity contribution is 5.83. The van der Waals surface area contributed by atoms with Crippen molar-refractivity contribution >= 4 is 11.6 Å². The Bertz CT molecular complexity index is 992. The minimum absolute atomic E-state index is 0.0894. The Kier molecular flexibility index (Phi) is 5.88. The molecule has 0 aromatic heterocycles. The van der Waals surface area contributed by atoms with Gasteiger partial charge in [0.2, 0.25) is 12.7 Å².